The summed E-state index contributed by atoms with van der Waals surface area (Å²) in [6.07, 6.45) is -4.40. The Bertz CT molecular complexity index is 757. The first-order chi connectivity index (χ1) is 11.7. The van der Waals surface area contributed by atoms with Gasteiger partial charge in [-0.3, -0.25) is 9.69 Å². The molecule has 25 heavy (non-hydrogen) atoms. The van der Waals surface area contributed by atoms with Gasteiger partial charge in [-0.25, -0.2) is 0 Å². The molecule has 0 aromatic heterocycles. The molecule has 134 valence electrons. The number of benzene rings is 2. The molecule has 0 saturated heterocycles. The van der Waals surface area contributed by atoms with Crippen LogP contribution in [0.2, 0.25) is 0 Å². The Hall–Kier alpha value is -2.34. The highest BCUT2D eigenvalue weighted by atomic mass is 19.4. The van der Waals surface area contributed by atoms with E-state index in [-0.39, 0.29) is 24.6 Å². The number of amides is 1. The number of nitrogens with zero attached hydrogens (tertiary/aromatic N) is 1. The van der Waals surface area contributed by atoms with Crippen molar-refractivity contribution in [3.63, 3.8) is 0 Å². The largest absolute Gasteiger partial charge is 0.416 e. The highest BCUT2D eigenvalue weighted by Crippen LogP contribution is 2.32. The van der Waals surface area contributed by atoms with E-state index in [1.165, 1.54) is 12.1 Å². The number of nitrogens with one attached hydrogen (secondary N) is 1. The Morgan fingerprint density at radius 3 is 2.48 bits per heavy atom. The Balaban J connectivity index is 2.02. The number of hydrogen-bond donors (Lipinski definition) is 1. The predicted molar refractivity (Wildman–Crippen MR) is 92.3 cm³/mol. The van der Waals surface area contributed by atoms with E-state index in [9.17, 15) is 18.0 Å². The Labute approximate surface area is 145 Å². The number of rotatable bonds is 5. The average molecular weight is 350 g/mol. The monoisotopic (exact) mass is 350 g/mol. The number of hydrogen-bond acceptors (Lipinski definition) is 2. The molecule has 0 unspecified atom stereocenters. The van der Waals surface area contributed by atoms with Crippen LogP contribution in [0.3, 0.4) is 0 Å². The summed E-state index contributed by atoms with van der Waals surface area (Å²) in [5.41, 5.74) is 2.15. The molecule has 0 aliphatic rings. The Morgan fingerprint density at radius 2 is 1.80 bits per heavy atom. The van der Waals surface area contributed by atoms with Gasteiger partial charge < -0.3 is 5.32 Å². The number of halogens is 3. The van der Waals surface area contributed by atoms with Crippen molar-refractivity contribution in [3.05, 3.63) is 64.7 Å². The number of anilines is 1. The van der Waals surface area contributed by atoms with Gasteiger partial charge in [0.1, 0.15) is 0 Å². The lowest BCUT2D eigenvalue weighted by Crippen LogP contribution is -2.30. The summed E-state index contributed by atoms with van der Waals surface area (Å²) in [5.74, 6) is -0.263. The van der Waals surface area contributed by atoms with Crippen molar-refractivity contribution in [2.45, 2.75) is 26.6 Å². The predicted octanol–water partition coefficient (Wildman–Crippen LogP) is 4.39. The van der Waals surface area contributed by atoms with Gasteiger partial charge in [-0.15, -0.1) is 0 Å². The standard InChI is InChI=1S/C19H21F3N2O/c1-13-8-9-14(2)17(10-13)23-18(25)12-24(3)11-15-6-4-5-7-16(15)19(20,21)22/h4-10H,11-12H2,1-3H3,(H,23,25). The summed E-state index contributed by atoms with van der Waals surface area (Å²) in [6, 6.07) is 11.1. The van der Waals surface area contributed by atoms with Crippen molar-refractivity contribution in [3.8, 4) is 0 Å². The minimum atomic E-state index is -4.40. The van der Waals surface area contributed by atoms with Gasteiger partial charge in [0.15, 0.2) is 0 Å². The maximum Gasteiger partial charge on any atom is 0.416 e. The second kappa shape index (κ2) is 7.70. The Morgan fingerprint density at radius 1 is 1.12 bits per heavy atom. The lowest BCUT2D eigenvalue weighted by molar-refractivity contribution is -0.138. The van der Waals surface area contributed by atoms with Crippen LogP contribution < -0.4 is 5.32 Å². The Kier molecular flexibility index (Phi) is 5.85. The van der Waals surface area contributed by atoms with Gasteiger partial charge in [0.25, 0.3) is 0 Å². The SMILES string of the molecule is Cc1ccc(C)c(NC(=O)CN(C)Cc2ccccc2C(F)(F)F)c1. The molecule has 0 aliphatic carbocycles. The van der Waals surface area contributed by atoms with Crippen LogP contribution in [0.1, 0.15) is 22.3 Å². The number of aryl methyl sites for hydroxylation is 2. The smallest absolute Gasteiger partial charge is 0.325 e. The zero-order valence-corrected chi connectivity index (χ0v) is 14.4. The quantitative estimate of drug-likeness (QED) is 0.867. The van der Waals surface area contributed by atoms with E-state index >= 15 is 0 Å². The third-order valence-electron chi connectivity index (χ3n) is 3.84. The minimum absolute atomic E-state index is 0.000423. The molecule has 2 aromatic rings. The molecule has 6 heteroatoms. The molecule has 3 nitrogen and oxygen atoms in total. The summed E-state index contributed by atoms with van der Waals surface area (Å²) in [5, 5.41) is 2.81. The van der Waals surface area contributed by atoms with E-state index in [2.05, 4.69) is 5.32 Å². The zero-order chi connectivity index (χ0) is 18.6. The first kappa shape index (κ1) is 19.0. The molecule has 0 bridgehead atoms. The number of alkyl halides is 3. The molecule has 0 heterocycles. The van der Waals surface area contributed by atoms with Crippen molar-refractivity contribution in [1.82, 2.24) is 4.90 Å². The summed E-state index contributed by atoms with van der Waals surface area (Å²) in [6.45, 7) is 3.85. The van der Waals surface area contributed by atoms with Crippen molar-refractivity contribution in [2.24, 2.45) is 0 Å². The van der Waals surface area contributed by atoms with Gasteiger partial charge in [0, 0.05) is 12.2 Å². The molecule has 2 rings (SSSR count). The fraction of sp³-hybridized carbons (Fsp3) is 0.316. The van der Waals surface area contributed by atoms with Gasteiger partial charge in [-0.05, 0) is 49.7 Å². The van der Waals surface area contributed by atoms with Gasteiger partial charge in [0.2, 0.25) is 5.91 Å². The van der Waals surface area contributed by atoms with Crippen molar-refractivity contribution in [2.75, 3.05) is 18.9 Å². The van der Waals surface area contributed by atoms with Crippen LogP contribution in [-0.4, -0.2) is 24.4 Å². The number of likely N-dealkylation sites (N-methyl/N-ethyl adjacent to an activating group) is 1. The van der Waals surface area contributed by atoms with Gasteiger partial charge >= 0.3 is 6.18 Å². The summed E-state index contributed by atoms with van der Waals surface area (Å²) in [4.78, 5) is 13.7. The molecule has 1 amide bonds. The highest BCUT2D eigenvalue weighted by molar-refractivity contribution is 5.93. The van der Waals surface area contributed by atoms with Crippen LogP contribution in [0.5, 0.6) is 0 Å². The molecule has 0 aliphatic heterocycles. The van der Waals surface area contributed by atoms with E-state index < -0.39 is 11.7 Å². The lowest BCUT2D eigenvalue weighted by atomic mass is 10.1. The van der Waals surface area contributed by atoms with Gasteiger partial charge in [-0.1, -0.05) is 30.3 Å². The molecule has 0 atom stereocenters. The molecular weight excluding hydrogens is 329 g/mol. The second-order valence-electron chi connectivity index (χ2n) is 6.19. The normalized spacial score (nSPS) is 11.6. The van der Waals surface area contributed by atoms with Gasteiger partial charge in [-0.2, -0.15) is 13.2 Å². The van der Waals surface area contributed by atoms with Crippen molar-refractivity contribution in [1.29, 1.82) is 0 Å². The van der Waals surface area contributed by atoms with Crippen molar-refractivity contribution >= 4 is 11.6 Å². The molecule has 2 aromatic carbocycles. The van der Waals surface area contributed by atoms with Gasteiger partial charge in [0.05, 0.1) is 12.1 Å². The van der Waals surface area contributed by atoms with E-state index in [1.807, 2.05) is 32.0 Å². The lowest BCUT2D eigenvalue weighted by Gasteiger charge is -2.20. The van der Waals surface area contributed by atoms with E-state index in [0.29, 0.717) is 5.69 Å². The number of carbonyl (C=O) groups excluding carboxylic acids is 1. The first-order valence-corrected chi connectivity index (χ1v) is 7.87. The van der Waals surface area contributed by atoms with E-state index in [0.717, 1.165) is 17.2 Å². The van der Waals surface area contributed by atoms with Crippen LogP contribution in [0.4, 0.5) is 18.9 Å². The summed E-state index contributed by atoms with van der Waals surface area (Å²) >= 11 is 0. The zero-order valence-electron chi connectivity index (χ0n) is 14.4. The summed E-state index contributed by atoms with van der Waals surface area (Å²) in [7, 11) is 1.62. The molecule has 1 N–H and O–H groups in total. The van der Waals surface area contributed by atoms with Crippen molar-refractivity contribution < 1.29 is 18.0 Å². The number of carbonyl (C=O) groups is 1. The van der Waals surface area contributed by atoms with E-state index in [1.54, 1.807) is 18.0 Å². The summed E-state index contributed by atoms with van der Waals surface area (Å²) < 4.78 is 39.1. The second-order valence-corrected chi connectivity index (χ2v) is 6.19. The first-order valence-electron chi connectivity index (χ1n) is 7.87. The van der Waals surface area contributed by atoms with Crippen LogP contribution in [0.15, 0.2) is 42.5 Å². The molecular formula is C19H21F3N2O. The highest BCUT2D eigenvalue weighted by Gasteiger charge is 2.33. The molecule has 0 radical (unpaired) electrons. The third kappa shape index (κ3) is 5.32. The topological polar surface area (TPSA) is 32.3 Å². The third-order valence-corrected chi connectivity index (χ3v) is 3.84. The molecule has 0 spiro atoms. The molecule has 0 fully saturated rings. The van der Waals surface area contributed by atoms with Crippen LogP contribution >= 0.6 is 0 Å². The minimum Gasteiger partial charge on any atom is -0.325 e. The fourth-order valence-electron chi connectivity index (χ4n) is 2.59. The van der Waals surface area contributed by atoms with Crippen LogP contribution in [0.25, 0.3) is 0 Å². The maximum atomic E-state index is 13.0. The van der Waals surface area contributed by atoms with E-state index in [4.69, 9.17) is 0 Å². The molecule has 0 saturated carbocycles. The fourth-order valence-corrected chi connectivity index (χ4v) is 2.59. The van der Waals surface area contributed by atoms with Crippen LogP contribution in [-0.2, 0) is 17.5 Å². The van der Waals surface area contributed by atoms with Crippen LogP contribution in [0, 0.1) is 13.8 Å². The average Bonchev–Trinajstić information content (AvgIpc) is 2.50. The maximum absolute atomic E-state index is 13.0.